The third kappa shape index (κ3) is 5.10. The molecule has 116 valence electrons. The second-order valence-electron chi connectivity index (χ2n) is 5.24. The molecule has 1 amide bonds. The van der Waals surface area contributed by atoms with Crippen molar-refractivity contribution in [3.05, 3.63) is 28.2 Å². The highest BCUT2D eigenvalue weighted by Gasteiger charge is 2.28. The van der Waals surface area contributed by atoms with Crippen LogP contribution in [0.1, 0.15) is 20.8 Å². The van der Waals surface area contributed by atoms with Crippen molar-refractivity contribution in [1.29, 1.82) is 0 Å². The summed E-state index contributed by atoms with van der Waals surface area (Å²) in [6, 6.07) is 4.67. The molecule has 0 fully saturated rings. The molecule has 5 nitrogen and oxygen atoms in total. The molecule has 1 rings (SSSR count). The summed E-state index contributed by atoms with van der Waals surface area (Å²) in [5.41, 5.74) is -1.04. The fraction of sp³-hybridized carbons (Fsp3) is 0.429. The molecule has 0 saturated carbocycles. The first-order valence-corrected chi connectivity index (χ1v) is 7.02. The summed E-state index contributed by atoms with van der Waals surface area (Å²) < 4.78 is 5.44. The van der Waals surface area contributed by atoms with Crippen LogP contribution in [-0.2, 0) is 9.59 Å². The van der Waals surface area contributed by atoms with Crippen LogP contribution in [-0.4, -0.2) is 29.6 Å². The van der Waals surface area contributed by atoms with Crippen LogP contribution in [0.5, 0.6) is 5.75 Å². The Morgan fingerprint density at radius 1 is 1.33 bits per heavy atom. The lowest BCUT2D eigenvalue weighted by molar-refractivity contribution is -0.147. The molecule has 1 unspecified atom stereocenters. The maximum Gasteiger partial charge on any atom is 0.310 e. The third-order valence-electron chi connectivity index (χ3n) is 2.86. The number of ether oxygens (including phenoxy) is 1. The van der Waals surface area contributed by atoms with E-state index in [0.29, 0.717) is 15.8 Å². The van der Waals surface area contributed by atoms with Gasteiger partial charge >= 0.3 is 5.97 Å². The molecule has 0 spiro atoms. The highest BCUT2D eigenvalue weighted by molar-refractivity contribution is 6.42. The largest absolute Gasteiger partial charge is 0.481 e. The van der Waals surface area contributed by atoms with Crippen molar-refractivity contribution in [3.63, 3.8) is 0 Å². The number of amides is 1. The van der Waals surface area contributed by atoms with E-state index in [1.165, 1.54) is 19.9 Å². The van der Waals surface area contributed by atoms with Crippen molar-refractivity contribution in [2.24, 2.45) is 5.41 Å². The lowest BCUT2D eigenvalue weighted by Gasteiger charge is -2.21. The molecule has 2 N–H and O–H groups in total. The second kappa shape index (κ2) is 7.00. The van der Waals surface area contributed by atoms with Gasteiger partial charge in [-0.05, 0) is 32.9 Å². The Bertz CT molecular complexity index is 546. The standard InChI is InChI=1S/C14H17Cl2NO4/c1-8(12(18)17-7-14(2,3)13(19)20)21-9-4-5-10(15)11(16)6-9/h4-6,8H,7H2,1-3H3,(H,17,18)(H,19,20). The molecule has 0 aliphatic rings. The number of carbonyl (C=O) groups is 2. The third-order valence-corrected chi connectivity index (χ3v) is 3.60. The summed E-state index contributed by atoms with van der Waals surface area (Å²) in [6.45, 7) is 4.63. The normalized spacial score (nSPS) is 12.6. The number of aliphatic carboxylic acids is 1. The Labute approximate surface area is 133 Å². The zero-order valence-corrected chi connectivity index (χ0v) is 13.5. The van der Waals surface area contributed by atoms with Crippen LogP contribution in [0.2, 0.25) is 10.0 Å². The van der Waals surface area contributed by atoms with Crippen LogP contribution in [0.25, 0.3) is 0 Å². The van der Waals surface area contributed by atoms with Crippen LogP contribution < -0.4 is 10.1 Å². The first kappa shape index (κ1) is 17.6. The van der Waals surface area contributed by atoms with Crippen LogP contribution in [0.3, 0.4) is 0 Å². The minimum Gasteiger partial charge on any atom is -0.481 e. The molecular formula is C14H17Cl2NO4. The van der Waals surface area contributed by atoms with E-state index in [2.05, 4.69) is 5.32 Å². The van der Waals surface area contributed by atoms with Crippen molar-refractivity contribution in [2.75, 3.05) is 6.54 Å². The molecule has 0 aliphatic carbocycles. The number of carboxylic acids is 1. The number of carboxylic acid groups (broad SMARTS) is 1. The van der Waals surface area contributed by atoms with Gasteiger partial charge in [0.1, 0.15) is 5.75 Å². The van der Waals surface area contributed by atoms with Crippen molar-refractivity contribution in [1.82, 2.24) is 5.32 Å². The Morgan fingerprint density at radius 2 is 1.95 bits per heavy atom. The summed E-state index contributed by atoms with van der Waals surface area (Å²) in [5, 5.41) is 12.2. The number of hydrogen-bond acceptors (Lipinski definition) is 3. The monoisotopic (exact) mass is 333 g/mol. The fourth-order valence-electron chi connectivity index (χ4n) is 1.34. The Kier molecular flexibility index (Phi) is 5.87. The van der Waals surface area contributed by atoms with Gasteiger partial charge in [0.2, 0.25) is 0 Å². The summed E-state index contributed by atoms with van der Waals surface area (Å²) in [4.78, 5) is 22.8. The van der Waals surface area contributed by atoms with E-state index < -0.39 is 23.4 Å². The molecular weight excluding hydrogens is 317 g/mol. The van der Waals surface area contributed by atoms with Gasteiger partial charge in [0.25, 0.3) is 5.91 Å². The van der Waals surface area contributed by atoms with Crippen molar-refractivity contribution < 1.29 is 19.4 Å². The molecule has 0 aliphatic heterocycles. The van der Waals surface area contributed by atoms with E-state index in [9.17, 15) is 9.59 Å². The molecule has 21 heavy (non-hydrogen) atoms. The molecule has 7 heteroatoms. The molecule has 0 radical (unpaired) electrons. The number of rotatable bonds is 6. The minimum absolute atomic E-state index is 0.0102. The zero-order valence-electron chi connectivity index (χ0n) is 11.9. The van der Waals surface area contributed by atoms with Crippen LogP contribution in [0, 0.1) is 5.41 Å². The fourth-order valence-corrected chi connectivity index (χ4v) is 1.62. The van der Waals surface area contributed by atoms with Gasteiger partial charge in [-0.2, -0.15) is 0 Å². The Balaban J connectivity index is 2.59. The number of hydrogen-bond donors (Lipinski definition) is 2. The van der Waals surface area contributed by atoms with E-state index >= 15 is 0 Å². The smallest absolute Gasteiger partial charge is 0.310 e. The average molecular weight is 334 g/mol. The van der Waals surface area contributed by atoms with Gasteiger partial charge in [0, 0.05) is 12.6 Å². The molecule has 1 aromatic rings. The van der Waals surface area contributed by atoms with Crippen molar-refractivity contribution in [3.8, 4) is 5.75 Å². The van der Waals surface area contributed by atoms with E-state index in [1.54, 1.807) is 19.1 Å². The highest BCUT2D eigenvalue weighted by Crippen LogP contribution is 2.26. The zero-order chi connectivity index (χ0) is 16.2. The molecule has 1 atom stereocenters. The van der Waals surface area contributed by atoms with Gasteiger partial charge < -0.3 is 15.2 Å². The van der Waals surface area contributed by atoms with Gasteiger partial charge in [-0.1, -0.05) is 23.2 Å². The summed E-state index contributed by atoms with van der Waals surface area (Å²) in [7, 11) is 0. The molecule has 0 bridgehead atoms. The predicted octanol–water partition coefficient (Wildman–Crippen LogP) is 2.99. The molecule has 0 saturated heterocycles. The number of benzene rings is 1. The maximum absolute atomic E-state index is 11.9. The summed E-state index contributed by atoms with van der Waals surface area (Å²) >= 11 is 11.6. The molecule has 1 aromatic carbocycles. The average Bonchev–Trinajstić information content (AvgIpc) is 2.40. The quantitative estimate of drug-likeness (QED) is 0.839. The lowest BCUT2D eigenvalue weighted by atomic mass is 9.94. The highest BCUT2D eigenvalue weighted by atomic mass is 35.5. The Hall–Kier alpha value is -1.46. The SMILES string of the molecule is CC(Oc1ccc(Cl)c(Cl)c1)C(=O)NCC(C)(C)C(=O)O. The molecule has 0 heterocycles. The first-order chi connectivity index (χ1) is 9.63. The van der Waals surface area contributed by atoms with E-state index in [0.717, 1.165) is 0 Å². The van der Waals surface area contributed by atoms with Gasteiger partial charge in [0.15, 0.2) is 6.10 Å². The first-order valence-electron chi connectivity index (χ1n) is 6.26. The topological polar surface area (TPSA) is 75.6 Å². The number of nitrogens with one attached hydrogen (secondary N) is 1. The van der Waals surface area contributed by atoms with Gasteiger partial charge in [-0.15, -0.1) is 0 Å². The second-order valence-corrected chi connectivity index (χ2v) is 6.06. The Morgan fingerprint density at radius 3 is 2.48 bits per heavy atom. The maximum atomic E-state index is 11.9. The van der Waals surface area contributed by atoms with E-state index in [1.807, 2.05) is 0 Å². The van der Waals surface area contributed by atoms with Gasteiger partial charge in [-0.25, -0.2) is 0 Å². The number of carbonyl (C=O) groups excluding carboxylic acids is 1. The summed E-state index contributed by atoms with van der Waals surface area (Å²) in [5.74, 6) is -0.985. The minimum atomic E-state index is -1.04. The molecule has 0 aromatic heterocycles. The van der Waals surface area contributed by atoms with Crippen molar-refractivity contribution >= 4 is 35.1 Å². The predicted molar refractivity (Wildman–Crippen MR) is 81.0 cm³/mol. The van der Waals surface area contributed by atoms with Gasteiger partial charge in [-0.3, -0.25) is 9.59 Å². The van der Waals surface area contributed by atoms with Crippen LogP contribution >= 0.6 is 23.2 Å². The van der Waals surface area contributed by atoms with Crippen LogP contribution in [0.4, 0.5) is 0 Å². The van der Waals surface area contributed by atoms with E-state index in [4.69, 9.17) is 33.0 Å². The van der Waals surface area contributed by atoms with E-state index in [-0.39, 0.29) is 6.54 Å². The summed E-state index contributed by atoms with van der Waals surface area (Å²) in [6.07, 6.45) is -0.785. The van der Waals surface area contributed by atoms with Crippen molar-refractivity contribution in [2.45, 2.75) is 26.9 Å². The van der Waals surface area contributed by atoms with Crippen LogP contribution in [0.15, 0.2) is 18.2 Å². The number of halogens is 2. The lowest BCUT2D eigenvalue weighted by Crippen LogP contribution is -2.43. The van der Waals surface area contributed by atoms with Gasteiger partial charge in [0.05, 0.1) is 15.5 Å².